The molecule has 2 nitrogen and oxygen atoms in total. The van der Waals surface area contributed by atoms with Gasteiger partial charge in [-0.15, -0.1) is 0 Å². The first-order chi connectivity index (χ1) is 10.9. The highest BCUT2D eigenvalue weighted by atomic mass is 35.5. The fourth-order valence-corrected chi connectivity index (χ4v) is 2.60. The lowest BCUT2D eigenvalue weighted by atomic mass is 9.98. The number of aryl methyl sites for hydroxylation is 1. The van der Waals surface area contributed by atoms with Crippen LogP contribution in [0.2, 0.25) is 10.0 Å². The molecule has 2 aromatic carbocycles. The van der Waals surface area contributed by atoms with E-state index >= 15 is 0 Å². The molecule has 0 fully saturated rings. The highest BCUT2D eigenvalue weighted by Gasteiger charge is 2.10. The van der Waals surface area contributed by atoms with E-state index in [0.717, 1.165) is 22.4 Å². The molecule has 1 N–H and O–H groups in total. The van der Waals surface area contributed by atoms with Crippen LogP contribution in [-0.4, -0.2) is 5.91 Å². The lowest BCUT2D eigenvalue weighted by Gasteiger charge is -2.15. The summed E-state index contributed by atoms with van der Waals surface area (Å²) in [4.78, 5) is 12.2. The van der Waals surface area contributed by atoms with Crippen molar-refractivity contribution < 1.29 is 4.79 Å². The maximum atomic E-state index is 12.2. The number of carbonyl (C=O) groups is 1. The average Bonchev–Trinajstić information content (AvgIpc) is 2.50. The van der Waals surface area contributed by atoms with Gasteiger partial charge in [0.15, 0.2) is 0 Å². The summed E-state index contributed by atoms with van der Waals surface area (Å²) < 4.78 is 0. The quantitative estimate of drug-likeness (QED) is 0.667. The van der Waals surface area contributed by atoms with Crippen molar-refractivity contribution in [2.75, 3.05) is 5.32 Å². The van der Waals surface area contributed by atoms with Crippen LogP contribution in [0, 0.1) is 6.92 Å². The molecule has 0 saturated carbocycles. The van der Waals surface area contributed by atoms with Gasteiger partial charge in [-0.25, -0.2) is 0 Å². The molecule has 0 aliphatic carbocycles. The van der Waals surface area contributed by atoms with E-state index in [1.807, 2.05) is 31.2 Å². The van der Waals surface area contributed by atoms with Gasteiger partial charge in [0, 0.05) is 11.8 Å². The summed E-state index contributed by atoms with van der Waals surface area (Å²) in [5.74, 6) is 0.163. The van der Waals surface area contributed by atoms with Gasteiger partial charge in [0.2, 0.25) is 5.91 Å². The van der Waals surface area contributed by atoms with Crippen molar-refractivity contribution in [2.45, 2.75) is 26.7 Å². The van der Waals surface area contributed by atoms with Crippen LogP contribution in [0.5, 0.6) is 0 Å². The third kappa shape index (κ3) is 4.60. The number of rotatable bonds is 4. The average molecular weight is 348 g/mol. The van der Waals surface area contributed by atoms with Crippen molar-refractivity contribution in [3.05, 3.63) is 69.2 Å². The number of para-hydroxylation sites is 1. The van der Waals surface area contributed by atoms with E-state index < -0.39 is 0 Å². The monoisotopic (exact) mass is 347 g/mol. The van der Waals surface area contributed by atoms with Crippen molar-refractivity contribution in [1.82, 2.24) is 0 Å². The fourth-order valence-electron chi connectivity index (χ4n) is 2.30. The van der Waals surface area contributed by atoms with Crippen LogP contribution in [-0.2, 0) is 4.79 Å². The van der Waals surface area contributed by atoms with E-state index in [0.29, 0.717) is 16.0 Å². The van der Waals surface area contributed by atoms with E-state index in [1.54, 1.807) is 18.2 Å². The number of halogens is 2. The third-order valence-electron chi connectivity index (χ3n) is 3.55. The molecule has 0 bridgehead atoms. The van der Waals surface area contributed by atoms with Crippen molar-refractivity contribution in [3.63, 3.8) is 0 Å². The van der Waals surface area contributed by atoms with Crippen LogP contribution in [0.25, 0.3) is 6.08 Å². The summed E-state index contributed by atoms with van der Waals surface area (Å²) in [7, 11) is 0. The number of carbonyl (C=O) groups excluding carboxylic acids is 1. The van der Waals surface area contributed by atoms with E-state index in [4.69, 9.17) is 23.2 Å². The summed E-state index contributed by atoms with van der Waals surface area (Å²) in [5.41, 5.74) is 3.88. The van der Waals surface area contributed by atoms with Gasteiger partial charge in [0.25, 0.3) is 0 Å². The lowest BCUT2D eigenvalue weighted by molar-refractivity contribution is -0.111. The Hall–Kier alpha value is -1.77. The highest BCUT2D eigenvalue weighted by molar-refractivity contribution is 6.42. The molecule has 23 heavy (non-hydrogen) atoms. The van der Waals surface area contributed by atoms with Gasteiger partial charge >= 0.3 is 0 Å². The smallest absolute Gasteiger partial charge is 0.248 e. The Morgan fingerprint density at radius 3 is 2.52 bits per heavy atom. The zero-order valence-corrected chi connectivity index (χ0v) is 14.9. The number of nitrogens with one attached hydrogen (secondary N) is 1. The van der Waals surface area contributed by atoms with Gasteiger partial charge in [0.05, 0.1) is 10.0 Å². The molecule has 120 valence electrons. The Morgan fingerprint density at radius 2 is 1.87 bits per heavy atom. The van der Waals surface area contributed by atoms with Gasteiger partial charge < -0.3 is 5.32 Å². The van der Waals surface area contributed by atoms with Crippen molar-refractivity contribution in [2.24, 2.45) is 0 Å². The third-order valence-corrected chi connectivity index (χ3v) is 4.29. The number of hydrogen-bond donors (Lipinski definition) is 1. The van der Waals surface area contributed by atoms with Crippen LogP contribution in [0.4, 0.5) is 5.69 Å². The number of amides is 1. The second kappa shape index (κ2) is 7.67. The fraction of sp³-hybridized carbons (Fsp3) is 0.211. The molecule has 2 rings (SSSR count). The second-order valence-corrected chi connectivity index (χ2v) is 6.50. The zero-order valence-electron chi connectivity index (χ0n) is 13.4. The van der Waals surface area contributed by atoms with Gasteiger partial charge in [-0.1, -0.05) is 61.3 Å². The summed E-state index contributed by atoms with van der Waals surface area (Å²) in [6, 6.07) is 11.3. The van der Waals surface area contributed by atoms with Crippen molar-refractivity contribution >= 4 is 40.9 Å². The molecule has 0 spiro atoms. The molecule has 0 aromatic heterocycles. The molecular weight excluding hydrogens is 329 g/mol. The Kier molecular flexibility index (Phi) is 5.86. The minimum atomic E-state index is -0.174. The van der Waals surface area contributed by atoms with Crippen LogP contribution >= 0.6 is 23.2 Å². The summed E-state index contributed by atoms with van der Waals surface area (Å²) in [6.07, 6.45) is 3.21. The molecule has 0 radical (unpaired) electrons. The minimum Gasteiger partial charge on any atom is -0.322 e. The van der Waals surface area contributed by atoms with E-state index in [2.05, 4.69) is 19.2 Å². The lowest BCUT2D eigenvalue weighted by Crippen LogP contribution is -2.11. The van der Waals surface area contributed by atoms with Crippen LogP contribution in [0.3, 0.4) is 0 Å². The van der Waals surface area contributed by atoms with Gasteiger partial charge in [-0.05, 0) is 47.7 Å². The number of anilines is 1. The molecular formula is C19H19Cl2NO. The first-order valence-electron chi connectivity index (χ1n) is 7.42. The van der Waals surface area contributed by atoms with Gasteiger partial charge in [0.1, 0.15) is 0 Å². The topological polar surface area (TPSA) is 29.1 Å². The van der Waals surface area contributed by atoms with E-state index in [-0.39, 0.29) is 5.91 Å². The normalized spacial score (nSPS) is 11.2. The summed E-state index contributed by atoms with van der Waals surface area (Å²) in [5, 5.41) is 3.93. The van der Waals surface area contributed by atoms with Crippen LogP contribution < -0.4 is 5.32 Å². The maximum Gasteiger partial charge on any atom is 0.248 e. The number of hydrogen-bond acceptors (Lipinski definition) is 1. The zero-order chi connectivity index (χ0) is 17.0. The Balaban J connectivity index is 2.17. The summed E-state index contributed by atoms with van der Waals surface area (Å²) in [6.45, 7) is 6.20. The SMILES string of the molecule is Cc1cccc(C(C)C)c1NC(=O)/C=C/c1ccc(Cl)c(Cl)c1. The van der Waals surface area contributed by atoms with Gasteiger partial charge in [-0.2, -0.15) is 0 Å². The Morgan fingerprint density at radius 1 is 1.13 bits per heavy atom. The van der Waals surface area contributed by atoms with Crippen LogP contribution in [0.1, 0.15) is 36.5 Å². The first kappa shape index (κ1) is 17.6. The molecule has 0 saturated heterocycles. The highest BCUT2D eigenvalue weighted by Crippen LogP contribution is 2.27. The van der Waals surface area contributed by atoms with E-state index in [9.17, 15) is 4.79 Å². The molecule has 4 heteroatoms. The molecule has 0 unspecified atom stereocenters. The van der Waals surface area contributed by atoms with E-state index in [1.165, 1.54) is 6.08 Å². The minimum absolute atomic E-state index is 0.174. The molecule has 0 atom stereocenters. The van der Waals surface area contributed by atoms with Crippen LogP contribution in [0.15, 0.2) is 42.5 Å². The first-order valence-corrected chi connectivity index (χ1v) is 8.17. The van der Waals surface area contributed by atoms with Gasteiger partial charge in [-0.3, -0.25) is 4.79 Å². The maximum absolute atomic E-state index is 12.2. The predicted octanol–water partition coefficient (Wildman–Crippen LogP) is 6.08. The largest absolute Gasteiger partial charge is 0.322 e. The molecule has 0 heterocycles. The standard InChI is InChI=1S/C19H19Cl2NO/c1-12(2)15-6-4-5-13(3)19(15)22-18(23)10-8-14-7-9-16(20)17(21)11-14/h4-12H,1-3H3,(H,22,23)/b10-8+. The Bertz CT molecular complexity index is 751. The molecule has 0 aliphatic heterocycles. The molecule has 0 aliphatic rings. The Labute approximate surface area is 147 Å². The summed E-state index contributed by atoms with van der Waals surface area (Å²) >= 11 is 11.8. The second-order valence-electron chi connectivity index (χ2n) is 5.69. The molecule has 2 aromatic rings. The number of benzene rings is 2. The van der Waals surface area contributed by atoms with Crippen molar-refractivity contribution in [3.8, 4) is 0 Å². The predicted molar refractivity (Wildman–Crippen MR) is 99.4 cm³/mol. The molecule has 1 amide bonds. The van der Waals surface area contributed by atoms with Crippen molar-refractivity contribution in [1.29, 1.82) is 0 Å².